The van der Waals surface area contributed by atoms with Crippen molar-refractivity contribution < 1.29 is 10.0 Å². The van der Waals surface area contributed by atoms with E-state index in [0.717, 1.165) is 0 Å². The zero-order valence-electron chi connectivity index (χ0n) is 5.33. The number of nitrogens with zero attached hydrogens (tertiary/aromatic N) is 1. The quantitative estimate of drug-likeness (QED) is 0.488. The number of hydrogen-bond donors (Lipinski definition) is 2. The number of halogens is 2. The van der Waals surface area contributed by atoms with Crippen molar-refractivity contribution in [2.45, 2.75) is 0 Å². The molecule has 1 aromatic rings. The lowest BCUT2D eigenvalue weighted by Gasteiger charge is -1.98. The summed E-state index contributed by atoms with van der Waals surface area (Å²) >= 11 is 11.0. The Morgan fingerprint density at radius 3 is 2.36 bits per heavy atom. The van der Waals surface area contributed by atoms with Gasteiger partial charge in [-0.3, -0.25) is 0 Å². The maximum atomic E-state index is 8.63. The second kappa shape index (κ2) is 3.41. The van der Waals surface area contributed by atoms with Crippen molar-refractivity contribution in [2.24, 2.45) is 0 Å². The number of hydrogen-bond acceptors (Lipinski definition) is 3. The molecule has 0 aliphatic rings. The fourth-order valence-electron chi connectivity index (χ4n) is 0.575. The molecular weight excluding hydrogens is 188 g/mol. The van der Waals surface area contributed by atoms with Gasteiger partial charge < -0.3 is 10.0 Å². The molecule has 0 bridgehead atoms. The average Bonchev–Trinajstić information content (AvgIpc) is 1.94. The number of aromatic nitrogens is 1. The Labute approximate surface area is 73.7 Å². The molecular formula is C5H4BCl2NO2. The van der Waals surface area contributed by atoms with E-state index in [0.29, 0.717) is 0 Å². The molecule has 1 heterocycles. The van der Waals surface area contributed by atoms with E-state index in [1.807, 2.05) is 0 Å². The number of rotatable bonds is 1. The molecule has 0 saturated heterocycles. The van der Waals surface area contributed by atoms with Crippen molar-refractivity contribution in [3.63, 3.8) is 0 Å². The molecule has 0 radical (unpaired) electrons. The minimum Gasteiger partial charge on any atom is -0.422 e. The van der Waals surface area contributed by atoms with Gasteiger partial charge in [0.1, 0.15) is 5.15 Å². The lowest BCUT2D eigenvalue weighted by Crippen LogP contribution is -2.32. The van der Waals surface area contributed by atoms with Gasteiger partial charge in [0.2, 0.25) is 0 Å². The highest BCUT2D eigenvalue weighted by atomic mass is 35.5. The standard InChI is InChI=1S/C5H4BCl2NO2/c7-3-1-2-4(6(10)11)9-5(3)8/h1-2,10-11H. The normalized spacial score (nSPS) is 9.82. The van der Waals surface area contributed by atoms with Crippen molar-refractivity contribution in [3.8, 4) is 0 Å². The summed E-state index contributed by atoms with van der Waals surface area (Å²) in [6.45, 7) is 0. The summed E-state index contributed by atoms with van der Waals surface area (Å²) in [4.78, 5) is 3.61. The summed E-state index contributed by atoms with van der Waals surface area (Å²) in [5, 5.41) is 17.6. The summed E-state index contributed by atoms with van der Waals surface area (Å²) in [7, 11) is -1.61. The summed E-state index contributed by atoms with van der Waals surface area (Å²) in [5.41, 5.74) is 0.0828. The largest absolute Gasteiger partial charge is 0.508 e. The first-order valence-electron chi connectivity index (χ1n) is 2.79. The van der Waals surface area contributed by atoms with Gasteiger partial charge in [-0.05, 0) is 12.1 Å². The molecule has 0 atom stereocenters. The van der Waals surface area contributed by atoms with Crippen LogP contribution in [0.15, 0.2) is 12.1 Å². The molecule has 11 heavy (non-hydrogen) atoms. The zero-order valence-corrected chi connectivity index (χ0v) is 6.84. The van der Waals surface area contributed by atoms with Crippen LogP contribution in [0.5, 0.6) is 0 Å². The summed E-state index contributed by atoms with van der Waals surface area (Å²) in [6, 6.07) is 2.84. The van der Waals surface area contributed by atoms with E-state index in [9.17, 15) is 0 Å². The molecule has 0 saturated carbocycles. The Hall–Kier alpha value is -0.285. The van der Waals surface area contributed by atoms with Crippen LogP contribution in [-0.4, -0.2) is 22.2 Å². The van der Waals surface area contributed by atoms with Crippen molar-refractivity contribution in [1.29, 1.82) is 0 Å². The Bertz CT molecular complexity index is 269. The van der Waals surface area contributed by atoms with E-state index >= 15 is 0 Å². The minimum absolute atomic E-state index is 0.0669. The van der Waals surface area contributed by atoms with Crippen molar-refractivity contribution >= 4 is 35.9 Å². The van der Waals surface area contributed by atoms with E-state index in [4.69, 9.17) is 33.2 Å². The van der Waals surface area contributed by atoms with Gasteiger partial charge in [0.25, 0.3) is 0 Å². The Morgan fingerprint density at radius 2 is 1.91 bits per heavy atom. The third-order valence-electron chi connectivity index (χ3n) is 1.09. The van der Waals surface area contributed by atoms with Gasteiger partial charge in [0.05, 0.1) is 10.6 Å². The smallest absolute Gasteiger partial charge is 0.422 e. The van der Waals surface area contributed by atoms with Gasteiger partial charge in [-0.25, -0.2) is 4.98 Å². The zero-order chi connectivity index (χ0) is 8.43. The molecule has 2 N–H and O–H groups in total. The van der Waals surface area contributed by atoms with Crippen molar-refractivity contribution in [2.75, 3.05) is 0 Å². The van der Waals surface area contributed by atoms with E-state index in [1.54, 1.807) is 0 Å². The summed E-state index contributed by atoms with van der Waals surface area (Å²) in [6.07, 6.45) is 0. The van der Waals surface area contributed by atoms with Gasteiger partial charge in [-0.1, -0.05) is 23.2 Å². The fraction of sp³-hybridized carbons (Fsp3) is 0. The highest BCUT2D eigenvalue weighted by Gasteiger charge is 2.13. The molecule has 1 aromatic heterocycles. The number of pyridine rings is 1. The van der Waals surface area contributed by atoms with Crippen molar-refractivity contribution in [1.82, 2.24) is 4.98 Å². The van der Waals surface area contributed by atoms with Crippen LogP contribution in [0.25, 0.3) is 0 Å². The lowest BCUT2D eigenvalue weighted by molar-refractivity contribution is 0.424. The third kappa shape index (κ3) is 2.07. The van der Waals surface area contributed by atoms with E-state index < -0.39 is 7.12 Å². The second-order valence-electron chi connectivity index (χ2n) is 1.88. The van der Waals surface area contributed by atoms with Crippen LogP contribution in [0, 0.1) is 0 Å². The first-order chi connectivity index (χ1) is 5.11. The van der Waals surface area contributed by atoms with Crippen LogP contribution in [-0.2, 0) is 0 Å². The van der Waals surface area contributed by atoms with Crippen LogP contribution in [0.1, 0.15) is 0 Å². The molecule has 0 amide bonds. The Kier molecular flexibility index (Phi) is 2.73. The summed E-state index contributed by atoms with van der Waals surface area (Å²) < 4.78 is 0. The van der Waals surface area contributed by atoms with E-state index in [-0.39, 0.29) is 15.8 Å². The first-order valence-corrected chi connectivity index (χ1v) is 3.55. The molecule has 0 spiro atoms. The highest BCUT2D eigenvalue weighted by molar-refractivity contribution is 6.58. The van der Waals surface area contributed by atoms with Gasteiger partial charge in [-0.2, -0.15) is 0 Å². The molecule has 0 unspecified atom stereocenters. The van der Waals surface area contributed by atoms with Crippen LogP contribution in [0.4, 0.5) is 0 Å². The van der Waals surface area contributed by atoms with Crippen LogP contribution in [0.3, 0.4) is 0 Å². The predicted molar refractivity (Wildman–Crippen MR) is 44.1 cm³/mol. The molecule has 0 fully saturated rings. The minimum atomic E-state index is -1.61. The summed E-state index contributed by atoms with van der Waals surface area (Å²) in [5.74, 6) is 0. The predicted octanol–water partition coefficient (Wildman–Crippen LogP) is 0.0682. The molecule has 1 rings (SSSR count). The van der Waals surface area contributed by atoms with Gasteiger partial charge in [0, 0.05) is 0 Å². The second-order valence-corrected chi connectivity index (χ2v) is 2.65. The molecule has 3 nitrogen and oxygen atoms in total. The topological polar surface area (TPSA) is 53.4 Å². The Morgan fingerprint density at radius 1 is 1.27 bits per heavy atom. The SMILES string of the molecule is OB(O)c1ccc(Cl)c(Cl)n1. The molecule has 6 heteroatoms. The lowest BCUT2D eigenvalue weighted by atomic mass is 9.86. The van der Waals surface area contributed by atoms with E-state index in [2.05, 4.69) is 4.98 Å². The van der Waals surface area contributed by atoms with E-state index in [1.165, 1.54) is 12.1 Å². The maximum absolute atomic E-state index is 8.63. The van der Waals surface area contributed by atoms with Crippen molar-refractivity contribution in [3.05, 3.63) is 22.3 Å². The Balaban J connectivity index is 3.05. The maximum Gasteiger partial charge on any atom is 0.508 e. The van der Waals surface area contributed by atoms with Crippen LogP contribution < -0.4 is 5.59 Å². The first kappa shape index (κ1) is 8.81. The monoisotopic (exact) mass is 191 g/mol. The third-order valence-corrected chi connectivity index (χ3v) is 1.78. The van der Waals surface area contributed by atoms with Gasteiger partial charge >= 0.3 is 7.12 Å². The molecule has 0 aliphatic carbocycles. The van der Waals surface area contributed by atoms with Crippen LogP contribution >= 0.6 is 23.2 Å². The molecule has 0 aliphatic heterocycles. The van der Waals surface area contributed by atoms with Crippen LogP contribution in [0.2, 0.25) is 10.2 Å². The average molecular weight is 192 g/mol. The highest BCUT2D eigenvalue weighted by Crippen LogP contribution is 2.15. The fourth-order valence-corrected chi connectivity index (χ4v) is 0.841. The van der Waals surface area contributed by atoms with Gasteiger partial charge in [-0.15, -0.1) is 0 Å². The molecule has 0 aromatic carbocycles. The molecule has 58 valence electrons. The van der Waals surface area contributed by atoms with Gasteiger partial charge in [0.15, 0.2) is 0 Å².